The molecule has 1 amide bonds. The number of hydrogen-bond donors (Lipinski definition) is 1. The topological polar surface area (TPSA) is 73.2 Å². The number of benzene rings is 1. The Labute approximate surface area is 156 Å². The molecular formula is C17H16BrN3O3S. The molecule has 0 radical (unpaired) electrons. The van der Waals surface area contributed by atoms with Crippen molar-refractivity contribution in [2.75, 3.05) is 13.2 Å². The lowest BCUT2D eigenvalue weighted by atomic mass is 10.2. The summed E-state index contributed by atoms with van der Waals surface area (Å²) in [5.74, 6) is 0.509. The summed E-state index contributed by atoms with van der Waals surface area (Å²) in [6, 6.07) is 7.51. The highest BCUT2D eigenvalue weighted by molar-refractivity contribution is 9.10. The minimum absolute atomic E-state index is 0.143. The molecule has 130 valence electrons. The Bertz CT molecular complexity index is 996. The Kier molecular flexibility index (Phi) is 5.19. The van der Waals surface area contributed by atoms with Gasteiger partial charge in [-0.25, -0.2) is 4.98 Å². The van der Waals surface area contributed by atoms with Gasteiger partial charge in [-0.3, -0.25) is 9.59 Å². The lowest BCUT2D eigenvalue weighted by Crippen LogP contribution is -2.28. The van der Waals surface area contributed by atoms with E-state index in [0.29, 0.717) is 33.8 Å². The molecule has 2 heterocycles. The summed E-state index contributed by atoms with van der Waals surface area (Å²) in [6.07, 6.45) is 1.47. The van der Waals surface area contributed by atoms with E-state index in [-0.39, 0.29) is 11.5 Å². The van der Waals surface area contributed by atoms with Crippen molar-refractivity contribution in [3.05, 3.63) is 55.9 Å². The van der Waals surface area contributed by atoms with E-state index >= 15 is 0 Å². The second-order valence-corrected chi connectivity index (χ2v) is 7.37. The number of amides is 1. The fraction of sp³-hybridized carbons (Fsp3) is 0.235. The van der Waals surface area contributed by atoms with Gasteiger partial charge in [0.05, 0.1) is 23.1 Å². The summed E-state index contributed by atoms with van der Waals surface area (Å²) in [7, 11) is 1.64. The van der Waals surface area contributed by atoms with E-state index in [9.17, 15) is 9.59 Å². The fourth-order valence-electron chi connectivity index (χ4n) is 2.40. The molecule has 0 aliphatic heterocycles. The van der Waals surface area contributed by atoms with Gasteiger partial charge >= 0.3 is 0 Å². The van der Waals surface area contributed by atoms with Crippen LogP contribution in [0.4, 0.5) is 0 Å². The molecule has 0 saturated carbocycles. The van der Waals surface area contributed by atoms with E-state index in [2.05, 4.69) is 26.2 Å². The number of carbonyl (C=O) groups is 1. The van der Waals surface area contributed by atoms with Crippen LogP contribution < -0.4 is 15.6 Å². The van der Waals surface area contributed by atoms with E-state index in [1.54, 1.807) is 14.0 Å². The highest BCUT2D eigenvalue weighted by Crippen LogP contribution is 2.26. The number of rotatable bonds is 5. The van der Waals surface area contributed by atoms with Crippen molar-refractivity contribution >= 4 is 43.4 Å². The number of thiophene rings is 1. The molecule has 3 rings (SSSR count). The zero-order valence-electron chi connectivity index (χ0n) is 13.7. The third-order valence-corrected chi connectivity index (χ3v) is 5.36. The van der Waals surface area contributed by atoms with Crippen LogP contribution >= 0.6 is 27.3 Å². The lowest BCUT2D eigenvalue weighted by Gasteiger charge is -2.07. The van der Waals surface area contributed by atoms with Crippen molar-refractivity contribution in [1.82, 2.24) is 14.9 Å². The third-order valence-electron chi connectivity index (χ3n) is 3.67. The van der Waals surface area contributed by atoms with E-state index in [1.807, 2.05) is 24.3 Å². The maximum absolute atomic E-state index is 12.4. The Morgan fingerprint density at radius 2 is 2.24 bits per heavy atom. The van der Waals surface area contributed by atoms with Gasteiger partial charge in [0.1, 0.15) is 17.2 Å². The van der Waals surface area contributed by atoms with E-state index in [0.717, 1.165) is 10.2 Å². The van der Waals surface area contributed by atoms with Crippen molar-refractivity contribution in [3.63, 3.8) is 0 Å². The molecule has 25 heavy (non-hydrogen) atoms. The maximum atomic E-state index is 12.4. The quantitative estimate of drug-likeness (QED) is 0.642. The van der Waals surface area contributed by atoms with Gasteiger partial charge in [-0.1, -0.05) is 22.0 Å². The SMILES string of the molecule is Cc1c(C(=O)NCCOc2cccc(Br)c2)sc2ncn(C)c(=O)c12. The van der Waals surface area contributed by atoms with Gasteiger partial charge in [-0.15, -0.1) is 11.3 Å². The first kappa shape index (κ1) is 17.6. The summed E-state index contributed by atoms with van der Waals surface area (Å²) in [5.41, 5.74) is 0.523. The van der Waals surface area contributed by atoms with Crippen LogP contribution in [0.25, 0.3) is 10.2 Å². The predicted octanol–water partition coefficient (Wildman–Crippen LogP) is 2.87. The Morgan fingerprint density at radius 3 is 3.00 bits per heavy atom. The molecular weight excluding hydrogens is 406 g/mol. The van der Waals surface area contributed by atoms with Gasteiger partial charge in [0, 0.05) is 11.5 Å². The molecule has 0 bridgehead atoms. The van der Waals surface area contributed by atoms with Gasteiger partial charge in [0.2, 0.25) is 0 Å². The zero-order chi connectivity index (χ0) is 18.0. The molecule has 0 spiro atoms. The lowest BCUT2D eigenvalue weighted by molar-refractivity contribution is 0.0950. The first-order valence-electron chi connectivity index (χ1n) is 7.58. The number of aryl methyl sites for hydroxylation is 2. The highest BCUT2D eigenvalue weighted by Gasteiger charge is 2.18. The molecule has 1 aromatic carbocycles. The Balaban J connectivity index is 1.66. The normalized spacial score (nSPS) is 10.8. The number of nitrogens with zero attached hydrogens (tertiary/aromatic N) is 2. The van der Waals surface area contributed by atoms with Crippen LogP contribution in [-0.2, 0) is 7.05 Å². The summed E-state index contributed by atoms with van der Waals surface area (Å²) in [4.78, 5) is 29.9. The second kappa shape index (κ2) is 7.37. The summed E-state index contributed by atoms with van der Waals surface area (Å²) in [5, 5.41) is 3.32. The second-order valence-electron chi connectivity index (χ2n) is 5.46. The molecule has 0 atom stereocenters. The summed E-state index contributed by atoms with van der Waals surface area (Å²) in [6.45, 7) is 2.49. The van der Waals surface area contributed by atoms with E-state index < -0.39 is 0 Å². The smallest absolute Gasteiger partial charge is 0.262 e. The van der Waals surface area contributed by atoms with Gasteiger partial charge in [-0.05, 0) is 30.7 Å². The molecule has 0 aliphatic rings. The van der Waals surface area contributed by atoms with Crippen molar-refractivity contribution in [2.45, 2.75) is 6.92 Å². The number of carbonyl (C=O) groups excluding carboxylic acids is 1. The molecule has 0 aliphatic carbocycles. The van der Waals surface area contributed by atoms with Crippen molar-refractivity contribution in [2.24, 2.45) is 7.05 Å². The zero-order valence-corrected chi connectivity index (χ0v) is 16.1. The fourth-order valence-corrected chi connectivity index (χ4v) is 3.83. The van der Waals surface area contributed by atoms with Gasteiger partial charge in [-0.2, -0.15) is 0 Å². The summed E-state index contributed by atoms with van der Waals surface area (Å²) >= 11 is 4.61. The van der Waals surface area contributed by atoms with Crippen LogP contribution in [-0.4, -0.2) is 28.6 Å². The number of fused-ring (bicyclic) bond motifs is 1. The van der Waals surface area contributed by atoms with Crippen LogP contribution in [0.15, 0.2) is 39.9 Å². The van der Waals surface area contributed by atoms with Crippen LogP contribution in [0.3, 0.4) is 0 Å². The average molecular weight is 422 g/mol. The molecule has 3 aromatic rings. The molecule has 0 fully saturated rings. The summed E-state index contributed by atoms with van der Waals surface area (Å²) < 4.78 is 7.94. The van der Waals surface area contributed by atoms with Crippen molar-refractivity contribution < 1.29 is 9.53 Å². The third kappa shape index (κ3) is 3.74. The van der Waals surface area contributed by atoms with Crippen LogP contribution in [0.5, 0.6) is 5.75 Å². The Hall–Kier alpha value is -2.19. The Morgan fingerprint density at radius 1 is 1.44 bits per heavy atom. The monoisotopic (exact) mass is 421 g/mol. The van der Waals surface area contributed by atoms with Gasteiger partial charge in [0.25, 0.3) is 11.5 Å². The first-order valence-corrected chi connectivity index (χ1v) is 9.19. The number of halogens is 1. The maximum Gasteiger partial charge on any atom is 0.262 e. The largest absolute Gasteiger partial charge is 0.492 e. The molecule has 6 nitrogen and oxygen atoms in total. The molecule has 1 N–H and O–H groups in total. The highest BCUT2D eigenvalue weighted by atomic mass is 79.9. The standard InChI is InChI=1S/C17H16BrN3O3S/c1-10-13-16(20-9-21(2)17(13)23)25-14(10)15(22)19-6-7-24-12-5-3-4-11(18)8-12/h3-5,8-9H,6-7H2,1-2H3,(H,19,22). The molecule has 0 saturated heterocycles. The van der Waals surface area contributed by atoms with Crippen LogP contribution in [0, 0.1) is 6.92 Å². The number of nitrogens with one attached hydrogen (secondary N) is 1. The molecule has 8 heteroatoms. The molecule has 0 unspecified atom stereocenters. The molecule has 2 aromatic heterocycles. The minimum Gasteiger partial charge on any atom is -0.492 e. The number of aromatic nitrogens is 2. The van der Waals surface area contributed by atoms with Crippen LogP contribution in [0.2, 0.25) is 0 Å². The van der Waals surface area contributed by atoms with Gasteiger partial charge in [0.15, 0.2) is 0 Å². The van der Waals surface area contributed by atoms with E-state index in [4.69, 9.17) is 4.74 Å². The first-order chi connectivity index (χ1) is 12.0. The number of hydrogen-bond acceptors (Lipinski definition) is 5. The minimum atomic E-state index is -0.222. The number of ether oxygens (including phenoxy) is 1. The van der Waals surface area contributed by atoms with Crippen LogP contribution in [0.1, 0.15) is 15.2 Å². The van der Waals surface area contributed by atoms with Crippen molar-refractivity contribution in [3.8, 4) is 5.75 Å². The van der Waals surface area contributed by atoms with Gasteiger partial charge < -0.3 is 14.6 Å². The van der Waals surface area contributed by atoms with Crippen molar-refractivity contribution in [1.29, 1.82) is 0 Å². The van der Waals surface area contributed by atoms with E-state index in [1.165, 1.54) is 22.2 Å². The average Bonchev–Trinajstić information content (AvgIpc) is 2.92. The predicted molar refractivity (Wildman–Crippen MR) is 102 cm³/mol.